The number of guanidine groups is 3. The van der Waals surface area contributed by atoms with Gasteiger partial charge in [-0.1, -0.05) is 0 Å². The van der Waals surface area contributed by atoms with E-state index in [-0.39, 0.29) is 75.4 Å². The van der Waals surface area contributed by atoms with E-state index in [4.69, 9.17) is 40.1 Å². The van der Waals surface area contributed by atoms with Gasteiger partial charge in [-0.15, -0.1) is 0 Å². The van der Waals surface area contributed by atoms with Crippen LogP contribution in [0.25, 0.3) is 0 Å². The first-order valence-corrected chi connectivity index (χ1v) is 18.1. The van der Waals surface area contributed by atoms with Crippen molar-refractivity contribution in [1.82, 2.24) is 31.9 Å². The lowest BCUT2D eigenvalue weighted by Crippen LogP contribution is -2.59. The van der Waals surface area contributed by atoms with Crippen molar-refractivity contribution in [3.8, 4) is 0 Å². The minimum Gasteiger partial charge on any atom is -0.480 e. The third kappa shape index (κ3) is 21.3. The zero-order valence-corrected chi connectivity index (χ0v) is 32.3. The fourth-order valence-corrected chi connectivity index (χ4v) is 4.74. The summed E-state index contributed by atoms with van der Waals surface area (Å²) in [5.74, 6) is -7.07. The molecule has 26 heteroatoms. The summed E-state index contributed by atoms with van der Waals surface area (Å²) < 4.78 is 0. The maximum Gasteiger partial charge on any atom is 0.328 e. The first-order chi connectivity index (χ1) is 26.2. The van der Waals surface area contributed by atoms with Crippen LogP contribution in [0.5, 0.6) is 0 Å². The number of thiol groups is 1. The second kappa shape index (κ2) is 27.0. The van der Waals surface area contributed by atoms with Crippen molar-refractivity contribution in [2.75, 3.05) is 32.0 Å². The van der Waals surface area contributed by atoms with Gasteiger partial charge in [-0.3, -0.25) is 43.7 Å². The molecule has 0 aliphatic heterocycles. The average Bonchev–Trinajstić information content (AvgIpc) is 3.12. The second-order valence-electron chi connectivity index (χ2n) is 12.4. The molecule has 6 amide bonds. The van der Waals surface area contributed by atoms with Crippen molar-refractivity contribution >= 4 is 71.9 Å². The molecule has 0 radical (unpaired) electrons. The highest BCUT2D eigenvalue weighted by atomic mass is 32.1. The molecule has 0 aliphatic carbocycles. The fraction of sp³-hybridized carbons (Fsp3) is 0.667. The lowest BCUT2D eigenvalue weighted by Gasteiger charge is -2.25. The number of rotatable bonds is 27. The Kier molecular flexibility index (Phi) is 24.3. The van der Waals surface area contributed by atoms with Gasteiger partial charge in [0.05, 0.1) is 12.6 Å². The molecule has 0 aromatic heterocycles. The summed E-state index contributed by atoms with van der Waals surface area (Å²) in [5, 5.41) is 33.0. The summed E-state index contributed by atoms with van der Waals surface area (Å²) in [6.07, 6.45) is 0.796. The highest BCUT2D eigenvalue weighted by Crippen LogP contribution is 2.05. The third-order valence-electron chi connectivity index (χ3n) is 7.58. The number of aliphatic hydroxyl groups excluding tert-OH is 1. The van der Waals surface area contributed by atoms with Crippen LogP contribution < -0.4 is 72.0 Å². The van der Waals surface area contributed by atoms with Crippen molar-refractivity contribution < 1.29 is 43.8 Å². The van der Waals surface area contributed by atoms with Crippen LogP contribution in [0, 0.1) is 0 Å². The van der Waals surface area contributed by atoms with Gasteiger partial charge in [-0.25, -0.2) is 4.79 Å². The Morgan fingerprint density at radius 2 is 0.875 bits per heavy atom. The molecule has 0 spiro atoms. The van der Waals surface area contributed by atoms with Gasteiger partial charge < -0.3 is 82.2 Å². The predicted molar refractivity (Wildman–Crippen MR) is 209 cm³/mol. The lowest BCUT2D eigenvalue weighted by molar-refractivity contribution is -0.143. The Hall–Kier alpha value is -5.63. The van der Waals surface area contributed by atoms with Gasteiger partial charge in [0.1, 0.15) is 36.3 Å². The van der Waals surface area contributed by atoms with Crippen LogP contribution in [0.4, 0.5) is 0 Å². The standard InChI is InChI=1S/C30H58N16O9S/c1-14(42-26(53)20(13-56)46-23(50)16(31)6-3-9-38-28(32)33)21(48)41-15(2)22(49)43-17(7-4-10-39-29(34)35)24(51)44-18(8-5-11-40-30(36)37)25(52)45-19(12-47)27(54)55/h14-20,47,56H,3-13,31H2,1-2H3,(H,41,48)(H,42,53)(H,43,49)(H,44,51)(H,45,52)(H,46,50)(H,54,55)(H4,32,33,38)(H4,34,35,39)(H4,36,37,40)/t14-,15-,16-,17-,18-,19-,20-/m0/s1. The molecule has 0 bridgehead atoms. The lowest BCUT2D eigenvalue weighted by atomic mass is 10.1. The number of hydrogen-bond donors (Lipinski definition) is 16. The Balaban J connectivity index is 5.72. The molecule has 0 rings (SSSR count). The summed E-state index contributed by atoms with van der Waals surface area (Å²) in [7, 11) is 0. The van der Waals surface area contributed by atoms with Gasteiger partial charge >= 0.3 is 5.97 Å². The first kappa shape index (κ1) is 50.4. The molecule has 25 nitrogen and oxygen atoms in total. The van der Waals surface area contributed by atoms with E-state index in [1.165, 1.54) is 13.8 Å². The maximum absolute atomic E-state index is 13.5. The van der Waals surface area contributed by atoms with Gasteiger partial charge in [-0.05, 0) is 52.4 Å². The molecule has 0 fully saturated rings. The number of carboxylic acid groups (broad SMARTS) is 1. The summed E-state index contributed by atoms with van der Waals surface area (Å²) in [4.78, 5) is 101. The van der Waals surface area contributed by atoms with Gasteiger partial charge in [-0.2, -0.15) is 12.6 Å². The average molecular weight is 819 g/mol. The summed E-state index contributed by atoms with van der Waals surface area (Å²) in [6.45, 7) is 2.07. The summed E-state index contributed by atoms with van der Waals surface area (Å²) >= 11 is 4.10. The number of carbonyl (C=O) groups is 7. The number of aliphatic imine (C=N–C) groups is 3. The zero-order chi connectivity index (χ0) is 43.0. The Labute approximate surface area is 329 Å². The number of carbonyl (C=O) groups excluding carboxylic acids is 6. The number of aliphatic carboxylic acids is 1. The second-order valence-corrected chi connectivity index (χ2v) is 12.7. The van der Waals surface area contributed by atoms with Gasteiger partial charge in [0.15, 0.2) is 17.9 Å². The van der Waals surface area contributed by atoms with Crippen LogP contribution in [0.3, 0.4) is 0 Å². The van der Waals surface area contributed by atoms with Crippen LogP contribution in [0.2, 0.25) is 0 Å². The van der Waals surface area contributed by atoms with E-state index in [0.717, 1.165) is 0 Å². The molecule has 56 heavy (non-hydrogen) atoms. The number of carboxylic acids is 1. The number of nitrogens with one attached hydrogen (secondary N) is 6. The van der Waals surface area contributed by atoms with E-state index in [0.29, 0.717) is 6.42 Å². The molecule has 7 atom stereocenters. The number of nitrogens with zero attached hydrogens (tertiary/aromatic N) is 3. The molecule has 0 aromatic carbocycles. The van der Waals surface area contributed by atoms with Crippen molar-refractivity contribution in [2.24, 2.45) is 55.1 Å². The van der Waals surface area contributed by atoms with Crippen LogP contribution in [-0.4, -0.2) is 144 Å². The van der Waals surface area contributed by atoms with E-state index in [1.807, 2.05) is 0 Å². The fourth-order valence-electron chi connectivity index (χ4n) is 4.48. The van der Waals surface area contributed by atoms with E-state index in [9.17, 15) is 43.8 Å². The molecule has 0 heterocycles. The number of aliphatic hydroxyl groups is 1. The zero-order valence-electron chi connectivity index (χ0n) is 31.4. The highest BCUT2D eigenvalue weighted by Gasteiger charge is 2.31. The molecule has 0 aliphatic rings. The maximum atomic E-state index is 13.5. The summed E-state index contributed by atoms with van der Waals surface area (Å²) in [5.41, 5.74) is 37.8. The van der Waals surface area contributed by atoms with E-state index < -0.39 is 90.3 Å². The summed E-state index contributed by atoms with van der Waals surface area (Å²) in [6, 6.07) is -8.99. The molecule has 0 unspecified atom stereocenters. The van der Waals surface area contributed by atoms with Crippen LogP contribution >= 0.6 is 12.6 Å². The largest absolute Gasteiger partial charge is 0.480 e. The Morgan fingerprint density at radius 1 is 0.536 bits per heavy atom. The van der Waals surface area contributed by atoms with Crippen LogP contribution in [0.15, 0.2) is 15.0 Å². The molecule has 0 aromatic rings. The first-order valence-electron chi connectivity index (χ1n) is 17.4. The molecular weight excluding hydrogens is 760 g/mol. The van der Waals surface area contributed by atoms with E-state index in [1.54, 1.807) is 0 Å². The highest BCUT2D eigenvalue weighted by molar-refractivity contribution is 7.80. The van der Waals surface area contributed by atoms with Crippen LogP contribution in [-0.2, 0) is 33.6 Å². The minimum atomic E-state index is -1.68. The topological polar surface area (TPSA) is 451 Å². The normalized spacial score (nSPS) is 14.4. The third-order valence-corrected chi connectivity index (χ3v) is 7.94. The van der Waals surface area contributed by atoms with Crippen molar-refractivity contribution in [2.45, 2.75) is 94.7 Å². The molecule has 22 N–H and O–H groups in total. The molecular formula is C30H58N16O9S. The van der Waals surface area contributed by atoms with Gasteiger partial charge in [0.25, 0.3) is 0 Å². The van der Waals surface area contributed by atoms with Gasteiger partial charge in [0, 0.05) is 25.4 Å². The van der Waals surface area contributed by atoms with Gasteiger partial charge in [0.2, 0.25) is 35.4 Å². The predicted octanol–water partition coefficient (Wildman–Crippen LogP) is -7.57. The SMILES string of the molecule is C[C@H](NC(=O)[C@H](C)NC(=O)[C@H](CS)NC(=O)[C@@H](N)CCCN=C(N)N)C(=O)N[C@@H](CCCN=C(N)N)C(=O)N[C@@H](CCCN=C(N)N)C(=O)N[C@@H](CO)C(=O)O. The quantitative estimate of drug-likeness (QED) is 0.0158. The van der Waals surface area contributed by atoms with Crippen molar-refractivity contribution in [3.05, 3.63) is 0 Å². The number of amides is 6. The minimum absolute atomic E-state index is 0.0556. The van der Waals surface area contributed by atoms with Crippen LogP contribution in [0.1, 0.15) is 52.4 Å². The Morgan fingerprint density at radius 3 is 1.27 bits per heavy atom. The smallest absolute Gasteiger partial charge is 0.328 e. The number of nitrogens with two attached hydrogens (primary N) is 7. The van der Waals surface area contributed by atoms with E-state index >= 15 is 0 Å². The molecule has 0 saturated heterocycles. The molecule has 0 saturated carbocycles. The number of hydrogen-bond acceptors (Lipinski definition) is 13. The van der Waals surface area contributed by atoms with Crippen molar-refractivity contribution in [1.29, 1.82) is 0 Å². The Bertz CT molecular complexity index is 1420. The monoisotopic (exact) mass is 818 g/mol. The molecule has 318 valence electrons. The van der Waals surface area contributed by atoms with E-state index in [2.05, 4.69) is 59.5 Å². The van der Waals surface area contributed by atoms with Crippen molar-refractivity contribution in [3.63, 3.8) is 0 Å².